The zero-order valence-electron chi connectivity index (χ0n) is 14.5. The second-order valence-corrected chi connectivity index (χ2v) is 7.70. The molecule has 0 aromatic heterocycles. The number of benzene rings is 3. The minimum atomic E-state index is -3.69. The fourth-order valence-electron chi connectivity index (χ4n) is 2.63. The highest BCUT2D eigenvalue weighted by atomic mass is 32.2. The summed E-state index contributed by atoms with van der Waals surface area (Å²) in [5.74, 6) is 2.19. The standard InChI is InChI=1S/C21H18N2O3S/c1-2-16-6-5-9-19(14-16)23-21(24)12-13-22-27(25,26)20-11-10-17-7-3-4-8-18(17)15-20/h1,3-11,14-15,22H,12-13H2,(H,23,24). The van der Waals surface area contributed by atoms with E-state index < -0.39 is 10.0 Å². The molecule has 0 aliphatic heterocycles. The molecule has 3 aromatic carbocycles. The highest BCUT2D eigenvalue weighted by Gasteiger charge is 2.14. The second-order valence-electron chi connectivity index (χ2n) is 5.93. The van der Waals surface area contributed by atoms with Gasteiger partial charge < -0.3 is 5.32 Å². The SMILES string of the molecule is C#Cc1cccc(NC(=O)CCNS(=O)(=O)c2ccc3ccccc3c2)c1. The van der Waals surface area contributed by atoms with Crippen molar-refractivity contribution in [2.24, 2.45) is 0 Å². The Balaban J connectivity index is 1.59. The number of anilines is 1. The fourth-order valence-corrected chi connectivity index (χ4v) is 3.69. The Kier molecular flexibility index (Phi) is 5.55. The van der Waals surface area contributed by atoms with Gasteiger partial charge in [0.15, 0.2) is 0 Å². The molecule has 0 atom stereocenters. The van der Waals surface area contributed by atoms with Crippen LogP contribution in [0.3, 0.4) is 0 Å². The summed E-state index contributed by atoms with van der Waals surface area (Å²) in [7, 11) is -3.69. The molecule has 27 heavy (non-hydrogen) atoms. The third-order valence-corrected chi connectivity index (χ3v) is 5.45. The van der Waals surface area contributed by atoms with Crippen LogP contribution in [0.4, 0.5) is 5.69 Å². The van der Waals surface area contributed by atoms with Gasteiger partial charge in [-0.15, -0.1) is 6.42 Å². The van der Waals surface area contributed by atoms with Crippen LogP contribution in [0.25, 0.3) is 10.8 Å². The van der Waals surface area contributed by atoms with Crippen molar-refractivity contribution >= 4 is 32.4 Å². The first kappa shape index (κ1) is 18.6. The summed E-state index contributed by atoms with van der Waals surface area (Å²) >= 11 is 0. The van der Waals surface area contributed by atoms with Crippen molar-refractivity contribution in [2.75, 3.05) is 11.9 Å². The summed E-state index contributed by atoms with van der Waals surface area (Å²) < 4.78 is 27.3. The zero-order chi connectivity index (χ0) is 19.3. The summed E-state index contributed by atoms with van der Waals surface area (Å²) in [6.45, 7) is -0.00414. The predicted octanol–water partition coefficient (Wildman–Crippen LogP) is 3.13. The molecular formula is C21H18N2O3S. The Morgan fingerprint density at radius 2 is 1.74 bits per heavy atom. The van der Waals surface area contributed by atoms with Crippen molar-refractivity contribution in [3.63, 3.8) is 0 Å². The van der Waals surface area contributed by atoms with Crippen molar-refractivity contribution in [1.29, 1.82) is 0 Å². The number of hydrogen-bond acceptors (Lipinski definition) is 3. The molecule has 0 aliphatic rings. The van der Waals surface area contributed by atoms with Gasteiger partial charge in [0.05, 0.1) is 4.90 Å². The van der Waals surface area contributed by atoms with E-state index >= 15 is 0 Å². The van der Waals surface area contributed by atoms with E-state index in [2.05, 4.69) is 16.0 Å². The number of terminal acetylenes is 1. The molecule has 0 fully saturated rings. The van der Waals surface area contributed by atoms with Crippen LogP contribution in [0.15, 0.2) is 71.6 Å². The first-order valence-corrected chi connectivity index (χ1v) is 9.81. The van der Waals surface area contributed by atoms with Crippen LogP contribution in [0.5, 0.6) is 0 Å². The minimum Gasteiger partial charge on any atom is -0.326 e. The number of sulfonamides is 1. The predicted molar refractivity (Wildman–Crippen MR) is 107 cm³/mol. The lowest BCUT2D eigenvalue weighted by Gasteiger charge is -2.09. The zero-order valence-corrected chi connectivity index (χ0v) is 15.3. The van der Waals surface area contributed by atoms with Crippen LogP contribution in [-0.4, -0.2) is 20.9 Å². The molecular weight excluding hydrogens is 360 g/mol. The van der Waals surface area contributed by atoms with Crippen LogP contribution < -0.4 is 10.0 Å². The molecule has 0 unspecified atom stereocenters. The Labute approximate surface area is 158 Å². The summed E-state index contributed by atoms with van der Waals surface area (Å²) in [5.41, 5.74) is 1.23. The number of nitrogens with one attached hydrogen (secondary N) is 2. The van der Waals surface area contributed by atoms with Gasteiger partial charge in [-0.2, -0.15) is 0 Å². The molecule has 1 amide bonds. The quantitative estimate of drug-likeness (QED) is 0.647. The Bertz CT molecular complexity index is 1130. The topological polar surface area (TPSA) is 75.3 Å². The van der Waals surface area contributed by atoms with Gasteiger partial charge in [0.1, 0.15) is 0 Å². The molecule has 0 aliphatic carbocycles. The average molecular weight is 378 g/mol. The number of carbonyl (C=O) groups excluding carboxylic acids is 1. The summed E-state index contributed by atoms with van der Waals surface area (Å²) in [6, 6.07) is 19.3. The van der Waals surface area contributed by atoms with Crippen molar-refractivity contribution in [3.05, 3.63) is 72.3 Å². The van der Waals surface area contributed by atoms with Crippen LogP contribution in [0, 0.1) is 12.3 Å². The molecule has 0 spiro atoms. The Hall–Kier alpha value is -3.14. The molecule has 3 rings (SSSR count). The summed E-state index contributed by atoms with van der Waals surface area (Å²) in [6.07, 6.45) is 5.34. The van der Waals surface area contributed by atoms with Crippen LogP contribution >= 0.6 is 0 Å². The molecule has 2 N–H and O–H groups in total. The number of hydrogen-bond donors (Lipinski definition) is 2. The maximum absolute atomic E-state index is 12.4. The van der Waals surface area contributed by atoms with E-state index in [1.807, 2.05) is 24.3 Å². The molecule has 3 aromatic rings. The van der Waals surface area contributed by atoms with E-state index in [-0.39, 0.29) is 23.8 Å². The highest BCUT2D eigenvalue weighted by molar-refractivity contribution is 7.89. The number of rotatable bonds is 6. The number of carbonyl (C=O) groups is 1. The van der Waals surface area contributed by atoms with Crippen LogP contribution in [0.1, 0.15) is 12.0 Å². The lowest BCUT2D eigenvalue weighted by molar-refractivity contribution is -0.116. The monoisotopic (exact) mass is 378 g/mol. The van der Waals surface area contributed by atoms with E-state index in [1.54, 1.807) is 42.5 Å². The maximum atomic E-state index is 12.4. The Morgan fingerprint density at radius 3 is 2.52 bits per heavy atom. The molecule has 0 radical (unpaired) electrons. The van der Waals surface area contributed by atoms with Gasteiger partial charge in [-0.05, 0) is 41.1 Å². The largest absolute Gasteiger partial charge is 0.326 e. The molecule has 0 bridgehead atoms. The van der Waals surface area contributed by atoms with Crippen LogP contribution in [-0.2, 0) is 14.8 Å². The lowest BCUT2D eigenvalue weighted by Crippen LogP contribution is -2.27. The van der Waals surface area contributed by atoms with Gasteiger partial charge in [-0.25, -0.2) is 13.1 Å². The van der Waals surface area contributed by atoms with Gasteiger partial charge in [0, 0.05) is 24.2 Å². The van der Waals surface area contributed by atoms with Crippen molar-refractivity contribution in [1.82, 2.24) is 4.72 Å². The Morgan fingerprint density at radius 1 is 0.963 bits per heavy atom. The first-order chi connectivity index (χ1) is 13.0. The first-order valence-electron chi connectivity index (χ1n) is 8.33. The normalized spacial score (nSPS) is 11.1. The van der Waals surface area contributed by atoms with Crippen molar-refractivity contribution in [2.45, 2.75) is 11.3 Å². The van der Waals surface area contributed by atoms with Gasteiger partial charge in [-0.3, -0.25) is 4.79 Å². The van der Waals surface area contributed by atoms with Crippen LogP contribution in [0.2, 0.25) is 0 Å². The number of fused-ring (bicyclic) bond motifs is 1. The van der Waals surface area contributed by atoms with Crippen molar-refractivity contribution in [3.8, 4) is 12.3 Å². The maximum Gasteiger partial charge on any atom is 0.240 e. The molecule has 6 heteroatoms. The average Bonchev–Trinajstić information content (AvgIpc) is 2.67. The minimum absolute atomic E-state index is 0.00414. The third-order valence-electron chi connectivity index (χ3n) is 3.99. The second kappa shape index (κ2) is 8.04. The summed E-state index contributed by atoms with van der Waals surface area (Å²) in [5, 5.41) is 4.50. The van der Waals surface area contributed by atoms with E-state index in [4.69, 9.17) is 6.42 Å². The summed E-state index contributed by atoms with van der Waals surface area (Å²) in [4.78, 5) is 12.2. The van der Waals surface area contributed by atoms with Gasteiger partial charge in [-0.1, -0.05) is 42.3 Å². The third kappa shape index (κ3) is 4.73. The van der Waals surface area contributed by atoms with E-state index in [0.717, 1.165) is 10.8 Å². The van der Waals surface area contributed by atoms with Gasteiger partial charge in [0.2, 0.25) is 15.9 Å². The van der Waals surface area contributed by atoms with Crippen molar-refractivity contribution < 1.29 is 13.2 Å². The number of amides is 1. The molecule has 5 nitrogen and oxygen atoms in total. The van der Waals surface area contributed by atoms with Gasteiger partial charge >= 0.3 is 0 Å². The van der Waals surface area contributed by atoms with E-state index in [0.29, 0.717) is 11.3 Å². The fraction of sp³-hybridized carbons (Fsp3) is 0.0952. The molecule has 136 valence electrons. The highest BCUT2D eigenvalue weighted by Crippen LogP contribution is 2.18. The molecule has 0 heterocycles. The smallest absolute Gasteiger partial charge is 0.240 e. The molecule has 0 saturated heterocycles. The lowest BCUT2D eigenvalue weighted by atomic mass is 10.1. The van der Waals surface area contributed by atoms with Gasteiger partial charge in [0.25, 0.3) is 0 Å². The van der Waals surface area contributed by atoms with E-state index in [9.17, 15) is 13.2 Å². The molecule has 0 saturated carbocycles. The van der Waals surface area contributed by atoms with E-state index in [1.165, 1.54) is 0 Å².